The maximum absolute atomic E-state index is 14.1. The Hall–Kier alpha value is -1.92. The molecule has 2 aliphatic rings. The smallest absolute Gasteiger partial charge is 0.265 e. The molecule has 2 rings (SSSR count). The van der Waals surface area contributed by atoms with E-state index in [-0.39, 0.29) is 19.6 Å². The summed E-state index contributed by atoms with van der Waals surface area (Å²) in [7, 11) is 1.94. The van der Waals surface area contributed by atoms with E-state index >= 15 is 0 Å². The molecule has 0 aromatic carbocycles. The molecule has 4 nitrogen and oxygen atoms in total. The summed E-state index contributed by atoms with van der Waals surface area (Å²) in [5, 5.41) is 13.9. The molecule has 32 heavy (non-hydrogen) atoms. The van der Waals surface area contributed by atoms with Crippen molar-refractivity contribution < 1.29 is 13.9 Å². The monoisotopic (exact) mass is 451 g/mol. The molecule has 0 saturated carbocycles. The Morgan fingerprint density at radius 2 is 1.91 bits per heavy atom. The number of alkyl halides is 2. The number of hydrazine groups is 1. The fourth-order valence-corrected chi connectivity index (χ4v) is 4.05. The minimum Gasteiger partial charge on any atom is -0.390 e. The zero-order valence-corrected chi connectivity index (χ0v) is 20.9. The van der Waals surface area contributed by atoms with Crippen LogP contribution < -0.4 is 0 Å². The third-order valence-electron chi connectivity index (χ3n) is 6.34. The van der Waals surface area contributed by atoms with Gasteiger partial charge in [0.05, 0.1) is 18.8 Å². The predicted octanol–water partition coefficient (Wildman–Crippen LogP) is 5.77. The first kappa shape index (κ1) is 28.1. The molecule has 0 bridgehead atoms. The van der Waals surface area contributed by atoms with Gasteiger partial charge in [0.1, 0.15) is 0 Å². The highest BCUT2D eigenvalue weighted by Gasteiger charge is 2.36. The summed E-state index contributed by atoms with van der Waals surface area (Å²) in [4.78, 5) is 1.83. The van der Waals surface area contributed by atoms with Crippen LogP contribution in [0.3, 0.4) is 0 Å². The second-order valence-corrected chi connectivity index (χ2v) is 8.61. The molecule has 182 valence electrons. The van der Waals surface area contributed by atoms with E-state index in [1.54, 1.807) is 6.08 Å². The van der Waals surface area contributed by atoms with Crippen molar-refractivity contribution in [1.29, 1.82) is 0 Å². The number of rotatable bonds is 8. The molecule has 6 heteroatoms. The first-order valence-electron chi connectivity index (χ1n) is 11.7. The van der Waals surface area contributed by atoms with E-state index in [4.69, 9.17) is 0 Å². The van der Waals surface area contributed by atoms with Crippen LogP contribution in [0.2, 0.25) is 0 Å². The van der Waals surface area contributed by atoms with Crippen molar-refractivity contribution in [2.24, 2.45) is 5.92 Å². The molecule has 0 spiro atoms. The second kappa shape index (κ2) is 12.9. The maximum Gasteiger partial charge on any atom is 0.265 e. The SMILES string of the molecule is C=C(/C=C\C(=C(\C)C(C)CC)N1CCCC(F)(F)C1)C1=C(CO)N(C)N(CC)C1.C=CC. The van der Waals surface area contributed by atoms with Crippen molar-refractivity contribution >= 4 is 0 Å². The minimum absolute atomic E-state index is 0.0402. The standard InChI is InChI=1S/C23H37F2N3O.C3H6/c1-7-17(3)19(5)21(27-13-9-12-23(24,25)16-27)11-10-18(4)20-14-28(8-2)26(6)22(20)15-29;1-3-2/h10-11,17,29H,4,7-9,12-16H2,1-3,5-6H3;3H,1H2,2H3/b11-10-,21-19+;. The van der Waals surface area contributed by atoms with Crippen LogP contribution in [0.25, 0.3) is 0 Å². The van der Waals surface area contributed by atoms with Gasteiger partial charge in [-0.3, -0.25) is 0 Å². The number of hydrogen-bond donors (Lipinski definition) is 1. The molecule has 0 amide bonds. The zero-order valence-electron chi connectivity index (χ0n) is 20.9. The van der Waals surface area contributed by atoms with Crippen molar-refractivity contribution in [3.8, 4) is 0 Å². The quantitative estimate of drug-likeness (QED) is 0.375. The Bertz CT molecular complexity index is 739. The molecule has 2 aliphatic heterocycles. The number of aliphatic hydroxyl groups is 1. The van der Waals surface area contributed by atoms with Crippen LogP contribution >= 0.6 is 0 Å². The first-order valence-corrected chi connectivity index (χ1v) is 11.7. The number of piperidine rings is 1. The maximum atomic E-state index is 14.1. The summed E-state index contributed by atoms with van der Waals surface area (Å²) < 4.78 is 28.2. The summed E-state index contributed by atoms with van der Waals surface area (Å²) in [5.41, 5.74) is 4.66. The molecular weight excluding hydrogens is 408 g/mol. The molecule has 0 aliphatic carbocycles. The second-order valence-electron chi connectivity index (χ2n) is 8.61. The van der Waals surface area contributed by atoms with E-state index in [1.807, 2.05) is 43.0 Å². The summed E-state index contributed by atoms with van der Waals surface area (Å²) >= 11 is 0. The van der Waals surface area contributed by atoms with Crippen molar-refractivity contribution in [1.82, 2.24) is 14.9 Å². The molecule has 1 N–H and O–H groups in total. The van der Waals surface area contributed by atoms with E-state index in [0.29, 0.717) is 25.4 Å². The normalized spacial score (nSPS) is 20.8. The summed E-state index contributed by atoms with van der Waals surface area (Å²) in [6.07, 6.45) is 7.04. The van der Waals surface area contributed by atoms with Crippen LogP contribution in [-0.4, -0.2) is 65.8 Å². The topological polar surface area (TPSA) is 30.0 Å². The molecule has 0 aromatic rings. The number of nitrogens with zero attached hydrogens (tertiary/aromatic N) is 3. The summed E-state index contributed by atoms with van der Waals surface area (Å²) in [6, 6.07) is 0. The van der Waals surface area contributed by atoms with Gasteiger partial charge in [-0.05, 0) is 55.4 Å². The van der Waals surface area contributed by atoms with E-state index in [0.717, 1.165) is 41.1 Å². The fraction of sp³-hybridized carbons (Fsp3) is 0.615. The molecule has 1 fully saturated rings. The Balaban J connectivity index is 0.00000161. The van der Waals surface area contributed by atoms with Gasteiger partial charge in [-0.2, -0.15) is 0 Å². The Morgan fingerprint density at radius 3 is 2.41 bits per heavy atom. The van der Waals surface area contributed by atoms with E-state index in [9.17, 15) is 13.9 Å². The highest BCUT2D eigenvalue weighted by Crippen LogP contribution is 2.32. The third kappa shape index (κ3) is 7.31. The van der Waals surface area contributed by atoms with Gasteiger partial charge in [0.25, 0.3) is 5.92 Å². The lowest BCUT2D eigenvalue weighted by atomic mass is 9.95. The van der Waals surface area contributed by atoms with Gasteiger partial charge in [0.2, 0.25) is 0 Å². The van der Waals surface area contributed by atoms with Crippen molar-refractivity contribution in [3.63, 3.8) is 0 Å². The molecule has 2 heterocycles. The molecule has 1 unspecified atom stereocenters. The molecular formula is C26H43F2N3O. The van der Waals surface area contributed by atoms with Crippen LogP contribution in [0.15, 0.2) is 59.5 Å². The fourth-order valence-electron chi connectivity index (χ4n) is 4.05. The van der Waals surface area contributed by atoms with Crippen LogP contribution in [0, 0.1) is 5.92 Å². The molecule has 0 aromatic heterocycles. The molecule has 0 radical (unpaired) electrons. The van der Waals surface area contributed by atoms with Gasteiger partial charge in [-0.15, -0.1) is 6.58 Å². The Morgan fingerprint density at radius 1 is 1.28 bits per heavy atom. The van der Waals surface area contributed by atoms with E-state index in [1.165, 1.54) is 0 Å². The van der Waals surface area contributed by atoms with Gasteiger partial charge in [0, 0.05) is 38.8 Å². The number of likely N-dealkylation sites (tertiary alicyclic amines) is 1. The van der Waals surface area contributed by atoms with Crippen LogP contribution in [0.1, 0.15) is 53.9 Å². The predicted molar refractivity (Wildman–Crippen MR) is 131 cm³/mol. The van der Waals surface area contributed by atoms with E-state index < -0.39 is 5.92 Å². The van der Waals surface area contributed by atoms with Crippen molar-refractivity contribution in [3.05, 3.63) is 59.5 Å². The van der Waals surface area contributed by atoms with Crippen molar-refractivity contribution in [2.45, 2.75) is 59.8 Å². The lowest BCUT2D eigenvalue weighted by molar-refractivity contribution is -0.0544. The van der Waals surface area contributed by atoms with E-state index in [2.05, 4.69) is 38.9 Å². The molecule has 1 saturated heterocycles. The lowest BCUT2D eigenvalue weighted by Gasteiger charge is -2.36. The largest absolute Gasteiger partial charge is 0.390 e. The summed E-state index contributed by atoms with van der Waals surface area (Å²) in [6.45, 7) is 19.7. The summed E-state index contributed by atoms with van der Waals surface area (Å²) in [5.74, 6) is -2.33. The Labute approximate surface area is 194 Å². The number of aliphatic hydroxyl groups excluding tert-OH is 1. The number of allylic oxidation sites excluding steroid dienone is 4. The van der Waals surface area contributed by atoms with Crippen molar-refractivity contribution in [2.75, 3.05) is 39.8 Å². The third-order valence-corrected chi connectivity index (χ3v) is 6.34. The van der Waals surface area contributed by atoms with Gasteiger partial charge in [-0.1, -0.05) is 39.5 Å². The van der Waals surface area contributed by atoms with Gasteiger partial charge >= 0.3 is 0 Å². The average molecular weight is 452 g/mol. The van der Waals surface area contributed by atoms with Gasteiger partial charge in [-0.25, -0.2) is 13.8 Å². The Kier molecular flexibility index (Phi) is 11.4. The zero-order chi connectivity index (χ0) is 24.5. The van der Waals surface area contributed by atoms with Gasteiger partial charge in [0.15, 0.2) is 0 Å². The minimum atomic E-state index is -2.65. The average Bonchev–Trinajstić information content (AvgIpc) is 3.08. The van der Waals surface area contributed by atoms with Crippen LogP contribution in [0.5, 0.6) is 0 Å². The first-order chi connectivity index (χ1) is 15.1. The lowest BCUT2D eigenvalue weighted by Crippen LogP contribution is -2.42. The number of halogens is 2. The van der Waals surface area contributed by atoms with Crippen LogP contribution in [-0.2, 0) is 0 Å². The van der Waals surface area contributed by atoms with Gasteiger partial charge < -0.3 is 15.0 Å². The highest BCUT2D eigenvalue weighted by molar-refractivity contribution is 5.45. The van der Waals surface area contributed by atoms with Crippen LogP contribution in [0.4, 0.5) is 8.78 Å². The number of hydrogen-bond acceptors (Lipinski definition) is 4. The molecule has 1 atom stereocenters. The number of likely N-dealkylation sites (N-methyl/N-ethyl adjacent to an activating group) is 2. The highest BCUT2D eigenvalue weighted by atomic mass is 19.3.